The van der Waals surface area contributed by atoms with Gasteiger partial charge in [-0.25, -0.2) is 9.37 Å². The Morgan fingerprint density at radius 2 is 2.13 bits per heavy atom. The van der Waals surface area contributed by atoms with Gasteiger partial charge in [0.05, 0.1) is 11.7 Å². The van der Waals surface area contributed by atoms with Crippen molar-refractivity contribution in [2.75, 3.05) is 0 Å². The van der Waals surface area contributed by atoms with E-state index >= 15 is 0 Å². The Morgan fingerprint density at radius 3 is 3.00 bits per heavy atom. The van der Waals surface area contributed by atoms with Gasteiger partial charge in [0, 0.05) is 16.3 Å². The first kappa shape index (κ1) is 8.68. The standard InChI is InChI=1S/C11H6ClFN2/c12-10-4-6-9(5-14-10)15-8-3-1-2-7(13)11(6)8/h1-5,15H. The van der Waals surface area contributed by atoms with Crippen molar-refractivity contribution >= 4 is 33.4 Å². The molecule has 74 valence electrons. The van der Waals surface area contributed by atoms with Crippen LogP contribution in [0.2, 0.25) is 5.15 Å². The molecule has 0 spiro atoms. The van der Waals surface area contributed by atoms with Gasteiger partial charge in [-0.15, -0.1) is 0 Å². The number of nitrogens with zero attached hydrogens (tertiary/aromatic N) is 1. The SMILES string of the molecule is Fc1cccc2[nH]c3cnc(Cl)cc3c12. The van der Waals surface area contributed by atoms with Gasteiger partial charge in [0.1, 0.15) is 11.0 Å². The Morgan fingerprint density at radius 1 is 1.27 bits per heavy atom. The van der Waals surface area contributed by atoms with Crippen LogP contribution in [0.5, 0.6) is 0 Å². The molecule has 3 aromatic rings. The number of H-pyrrole nitrogens is 1. The molecule has 0 unspecified atom stereocenters. The molecule has 0 aliphatic rings. The van der Waals surface area contributed by atoms with Crippen LogP contribution in [0.15, 0.2) is 30.5 Å². The molecule has 0 atom stereocenters. The summed E-state index contributed by atoms with van der Waals surface area (Å²) in [6.07, 6.45) is 1.61. The smallest absolute Gasteiger partial charge is 0.133 e. The van der Waals surface area contributed by atoms with Crippen LogP contribution in [-0.2, 0) is 0 Å². The highest BCUT2D eigenvalue weighted by atomic mass is 35.5. The maximum atomic E-state index is 13.6. The molecule has 0 fully saturated rings. The summed E-state index contributed by atoms with van der Waals surface area (Å²) >= 11 is 5.78. The fraction of sp³-hybridized carbons (Fsp3) is 0. The molecule has 0 saturated heterocycles. The van der Waals surface area contributed by atoms with Gasteiger partial charge in [0.15, 0.2) is 0 Å². The molecule has 0 aliphatic heterocycles. The molecule has 1 N–H and O–H groups in total. The Labute approximate surface area is 89.7 Å². The molecule has 3 rings (SSSR count). The van der Waals surface area contributed by atoms with Crippen molar-refractivity contribution in [2.24, 2.45) is 0 Å². The third kappa shape index (κ3) is 1.20. The van der Waals surface area contributed by atoms with Crippen LogP contribution in [0.25, 0.3) is 21.8 Å². The van der Waals surface area contributed by atoms with Crippen molar-refractivity contribution in [3.63, 3.8) is 0 Å². The van der Waals surface area contributed by atoms with Gasteiger partial charge in [-0.2, -0.15) is 0 Å². The molecule has 1 aromatic carbocycles. The van der Waals surface area contributed by atoms with Crippen LogP contribution in [0.3, 0.4) is 0 Å². The maximum absolute atomic E-state index is 13.6. The molecule has 2 heterocycles. The third-order valence-corrected chi connectivity index (χ3v) is 2.63. The number of pyridine rings is 1. The van der Waals surface area contributed by atoms with E-state index in [4.69, 9.17) is 11.6 Å². The Hall–Kier alpha value is -1.61. The molecular formula is C11H6ClFN2. The summed E-state index contributed by atoms with van der Waals surface area (Å²) in [4.78, 5) is 7.03. The van der Waals surface area contributed by atoms with E-state index in [1.807, 2.05) is 6.07 Å². The fourth-order valence-corrected chi connectivity index (χ4v) is 1.94. The zero-order valence-electron chi connectivity index (χ0n) is 7.59. The topological polar surface area (TPSA) is 28.7 Å². The van der Waals surface area contributed by atoms with Gasteiger partial charge in [-0.05, 0) is 18.2 Å². The van der Waals surface area contributed by atoms with Crippen LogP contribution in [-0.4, -0.2) is 9.97 Å². The van der Waals surface area contributed by atoms with Crippen LogP contribution >= 0.6 is 11.6 Å². The Kier molecular flexibility index (Phi) is 1.70. The van der Waals surface area contributed by atoms with E-state index in [-0.39, 0.29) is 5.82 Å². The molecule has 4 heteroatoms. The fourth-order valence-electron chi connectivity index (χ4n) is 1.78. The Bertz CT molecular complexity index is 660. The third-order valence-electron chi connectivity index (χ3n) is 2.42. The number of rotatable bonds is 0. The minimum absolute atomic E-state index is 0.249. The highest BCUT2D eigenvalue weighted by molar-refractivity contribution is 6.30. The van der Waals surface area contributed by atoms with E-state index in [9.17, 15) is 4.39 Å². The average molecular weight is 221 g/mol. The molecular weight excluding hydrogens is 215 g/mol. The summed E-state index contributed by atoms with van der Waals surface area (Å²) in [7, 11) is 0. The summed E-state index contributed by atoms with van der Waals surface area (Å²) in [5.74, 6) is -0.249. The molecule has 0 saturated carbocycles. The molecule has 15 heavy (non-hydrogen) atoms. The van der Waals surface area contributed by atoms with Crippen molar-refractivity contribution in [1.29, 1.82) is 0 Å². The number of benzene rings is 1. The monoisotopic (exact) mass is 220 g/mol. The summed E-state index contributed by atoms with van der Waals surface area (Å²) < 4.78 is 13.6. The van der Waals surface area contributed by atoms with Crippen molar-refractivity contribution in [1.82, 2.24) is 9.97 Å². The van der Waals surface area contributed by atoms with Gasteiger partial charge in [-0.3, -0.25) is 0 Å². The number of fused-ring (bicyclic) bond motifs is 3. The summed E-state index contributed by atoms with van der Waals surface area (Å²) in [5.41, 5.74) is 1.55. The Balaban J connectivity index is 2.61. The van der Waals surface area contributed by atoms with Crippen LogP contribution in [0.1, 0.15) is 0 Å². The van der Waals surface area contributed by atoms with Gasteiger partial charge < -0.3 is 4.98 Å². The highest BCUT2D eigenvalue weighted by Crippen LogP contribution is 2.28. The summed E-state index contributed by atoms with van der Waals surface area (Å²) in [6, 6.07) is 6.59. The lowest BCUT2D eigenvalue weighted by Gasteiger charge is -1.93. The number of nitrogens with one attached hydrogen (secondary N) is 1. The second-order valence-corrected chi connectivity index (χ2v) is 3.73. The number of halogens is 2. The van der Waals surface area contributed by atoms with Gasteiger partial charge in [0.25, 0.3) is 0 Å². The van der Waals surface area contributed by atoms with Gasteiger partial charge >= 0.3 is 0 Å². The number of aromatic amines is 1. The zero-order valence-corrected chi connectivity index (χ0v) is 8.35. The predicted octanol–water partition coefficient (Wildman–Crippen LogP) is 3.51. The first-order valence-corrected chi connectivity index (χ1v) is 4.85. The number of hydrogen-bond donors (Lipinski definition) is 1. The lowest BCUT2D eigenvalue weighted by molar-refractivity contribution is 0.640. The average Bonchev–Trinajstić information content (AvgIpc) is 2.57. The van der Waals surface area contributed by atoms with Crippen molar-refractivity contribution in [3.05, 3.63) is 41.4 Å². The van der Waals surface area contributed by atoms with Crippen molar-refractivity contribution in [3.8, 4) is 0 Å². The largest absolute Gasteiger partial charge is 0.353 e. The van der Waals surface area contributed by atoms with Crippen LogP contribution < -0.4 is 0 Å². The van der Waals surface area contributed by atoms with E-state index in [2.05, 4.69) is 9.97 Å². The van der Waals surface area contributed by atoms with Crippen LogP contribution in [0, 0.1) is 5.82 Å². The minimum atomic E-state index is -0.249. The van der Waals surface area contributed by atoms with Gasteiger partial charge in [-0.1, -0.05) is 17.7 Å². The summed E-state index contributed by atoms with van der Waals surface area (Å²) in [6.45, 7) is 0. The predicted molar refractivity (Wildman–Crippen MR) is 58.6 cm³/mol. The minimum Gasteiger partial charge on any atom is -0.353 e. The zero-order chi connectivity index (χ0) is 10.4. The van der Waals surface area contributed by atoms with E-state index in [1.165, 1.54) is 6.07 Å². The molecule has 0 amide bonds. The normalized spacial score (nSPS) is 11.3. The molecule has 2 aromatic heterocycles. The number of aromatic nitrogens is 2. The first-order valence-electron chi connectivity index (χ1n) is 4.47. The van der Waals surface area contributed by atoms with E-state index in [0.29, 0.717) is 10.5 Å². The second-order valence-electron chi connectivity index (χ2n) is 3.34. The quantitative estimate of drug-likeness (QED) is 0.577. The lowest BCUT2D eigenvalue weighted by atomic mass is 10.2. The lowest BCUT2D eigenvalue weighted by Crippen LogP contribution is -1.76. The molecule has 0 bridgehead atoms. The first-order chi connectivity index (χ1) is 7.25. The highest BCUT2D eigenvalue weighted by Gasteiger charge is 2.08. The van der Waals surface area contributed by atoms with E-state index < -0.39 is 0 Å². The second kappa shape index (κ2) is 2.94. The van der Waals surface area contributed by atoms with Crippen molar-refractivity contribution in [2.45, 2.75) is 0 Å². The molecule has 2 nitrogen and oxygen atoms in total. The maximum Gasteiger partial charge on any atom is 0.133 e. The van der Waals surface area contributed by atoms with Gasteiger partial charge in [0.2, 0.25) is 0 Å². The number of hydrogen-bond acceptors (Lipinski definition) is 1. The van der Waals surface area contributed by atoms with Crippen molar-refractivity contribution < 1.29 is 4.39 Å². The van der Waals surface area contributed by atoms with E-state index in [0.717, 1.165) is 16.4 Å². The molecule has 0 aliphatic carbocycles. The van der Waals surface area contributed by atoms with Crippen LogP contribution in [0.4, 0.5) is 4.39 Å². The molecule has 0 radical (unpaired) electrons. The van der Waals surface area contributed by atoms with E-state index in [1.54, 1.807) is 18.3 Å². The summed E-state index contributed by atoms with van der Waals surface area (Å²) in [5, 5.41) is 1.70.